The Kier molecular flexibility index (Phi) is 5.83. The van der Waals surface area contributed by atoms with Crippen LogP contribution in [0.3, 0.4) is 0 Å². The molecule has 0 radical (unpaired) electrons. The molecule has 0 aliphatic rings. The van der Waals surface area contributed by atoms with Gasteiger partial charge in [0, 0.05) is 18.6 Å². The first-order valence-corrected chi connectivity index (χ1v) is 6.98. The maximum atomic E-state index is 5.79. The molecule has 2 heteroatoms. The van der Waals surface area contributed by atoms with Crippen molar-refractivity contribution in [2.75, 3.05) is 20.1 Å². The Hall–Kier alpha value is -0.860. The van der Waals surface area contributed by atoms with Crippen LogP contribution in [-0.4, -0.2) is 30.6 Å². The van der Waals surface area contributed by atoms with E-state index in [0.717, 1.165) is 13.0 Å². The first kappa shape index (κ1) is 15.2. The van der Waals surface area contributed by atoms with Gasteiger partial charge in [-0.05, 0) is 44.9 Å². The van der Waals surface area contributed by atoms with Crippen molar-refractivity contribution in [3.63, 3.8) is 0 Å². The van der Waals surface area contributed by atoms with Gasteiger partial charge in [0.15, 0.2) is 0 Å². The van der Waals surface area contributed by atoms with Gasteiger partial charge >= 0.3 is 0 Å². The number of rotatable bonds is 7. The third-order valence-electron chi connectivity index (χ3n) is 3.83. The van der Waals surface area contributed by atoms with Crippen LogP contribution in [0.2, 0.25) is 0 Å². The zero-order valence-electron chi connectivity index (χ0n) is 12.4. The Morgan fingerprint density at radius 2 is 1.56 bits per heavy atom. The molecule has 0 saturated carbocycles. The van der Waals surface area contributed by atoms with Gasteiger partial charge in [-0.15, -0.1) is 0 Å². The summed E-state index contributed by atoms with van der Waals surface area (Å²) in [6.07, 6.45) is 3.49. The van der Waals surface area contributed by atoms with Gasteiger partial charge < -0.3 is 5.73 Å². The fraction of sp³-hybridized carbons (Fsp3) is 0.625. The number of nitrogens with two attached hydrogens (primary N) is 1. The van der Waals surface area contributed by atoms with Gasteiger partial charge in [0.2, 0.25) is 0 Å². The maximum absolute atomic E-state index is 5.79. The predicted octanol–water partition coefficient (Wildman–Crippen LogP) is 2.85. The van der Waals surface area contributed by atoms with Gasteiger partial charge in [-0.25, -0.2) is 0 Å². The van der Waals surface area contributed by atoms with Gasteiger partial charge in [-0.2, -0.15) is 0 Å². The molecule has 1 rings (SSSR count). The second kappa shape index (κ2) is 6.91. The summed E-state index contributed by atoms with van der Waals surface area (Å²) in [6.45, 7) is 8.35. The molecule has 18 heavy (non-hydrogen) atoms. The van der Waals surface area contributed by atoms with E-state index in [1.54, 1.807) is 0 Å². The van der Waals surface area contributed by atoms with Crippen molar-refractivity contribution in [3.8, 4) is 0 Å². The molecule has 0 spiro atoms. The van der Waals surface area contributed by atoms with Crippen LogP contribution in [0.15, 0.2) is 24.3 Å². The molecule has 0 aliphatic carbocycles. The molecule has 1 aromatic carbocycles. The van der Waals surface area contributed by atoms with Gasteiger partial charge in [0.05, 0.1) is 0 Å². The number of aryl methyl sites for hydroxylation is 1. The molecule has 0 atom stereocenters. The highest BCUT2D eigenvalue weighted by Crippen LogP contribution is 2.12. The summed E-state index contributed by atoms with van der Waals surface area (Å²) in [5.41, 5.74) is 8.73. The van der Waals surface area contributed by atoms with Crippen LogP contribution in [0.4, 0.5) is 0 Å². The van der Waals surface area contributed by atoms with Crippen LogP contribution < -0.4 is 5.73 Å². The molecule has 0 bridgehead atoms. The normalized spacial score (nSPS) is 12.1. The molecule has 2 N–H and O–H groups in total. The Morgan fingerprint density at radius 3 is 2.00 bits per heavy atom. The molecule has 0 saturated heterocycles. The van der Waals surface area contributed by atoms with Crippen molar-refractivity contribution in [2.45, 2.75) is 45.6 Å². The summed E-state index contributed by atoms with van der Waals surface area (Å²) in [7, 11) is 2.15. The van der Waals surface area contributed by atoms with Crippen molar-refractivity contribution in [1.82, 2.24) is 4.90 Å². The molecule has 0 aromatic heterocycles. The first-order chi connectivity index (χ1) is 8.49. The molecule has 1 aromatic rings. The van der Waals surface area contributed by atoms with Crippen molar-refractivity contribution < 1.29 is 0 Å². The summed E-state index contributed by atoms with van der Waals surface area (Å²) in [5.74, 6) is 0. The lowest BCUT2D eigenvalue weighted by molar-refractivity contribution is 0.166. The summed E-state index contributed by atoms with van der Waals surface area (Å²) in [6, 6.07) is 9.03. The Labute approximate surface area is 112 Å². The van der Waals surface area contributed by atoms with Crippen molar-refractivity contribution in [2.24, 2.45) is 5.73 Å². The van der Waals surface area contributed by atoms with Crippen LogP contribution in [0.5, 0.6) is 0 Å². The highest BCUT2D eigenvalue weighted by Gasteiger charge is 2.20. The standard InChI is InChI=1S/C16H28N2/c1-5-6-14-7-9-15(10-8-14)11-12-18(4)16(2,3)13-17/h7-10H,5-6,11-13,17H2,1-4H3. The van der Waals surface area contributed by atoms with Crippen LogP contribution >= 0.6 is 0 Å². The first-order valence-electron chi connectivity index (χ1n) is 6.98. The van der Waals surface area contributed by atoms with Gasteiger partial charge in [-0.1, -0.05) is 37.6 Å². The van der Waals surface area contributed by atoms with E-state index in [1.165, 1.54) is 24.0 Å². The van der Waals surface area contributed by atoms with Gasteiger partial charge in [0.25, 0.3) is 0 Å². The maximum Gasteiger partial charge on any atom is 0.0272 e. The molecule has 0 unspecified atom stereocenters. The summed E-state index contributed by atoms with van der Waals surface area (Å²) < 4.78 is 0. The smallest absolute Gasteiger partial charge is 0.0272 e. The van der Waals surface area contributed by atoms with E-state index in [0.29, 0.717) is 6.54 Å². The average Bonchev–Trinajstić information content (AvgIpc) is 2.38. The van der Waals surface area contributed by atoms with Gasteiger partial charge in [-0.3, -0.25) is 4.90 Å². The Bertz CT molecular complexity index is 341. The zero-order valence-corrected chi connectivity index (χ0v) is 12.4. The van der Waals surface area contributed by atoms with Crippen LogP contribution in [0.25, 0.3) is 0 Å². The lowest BCUT2D eigenvalue weighted by Gasteiger charge is -2.34. The highest BCUT2D eigenvalue weighted by atomic mass is 15.2. The predicted molar refractivity (Wildman–Crippen MR) is 79.9 cm³/mol. The minimum Gasteiger partial charge on any atom is -0.329 e. The van der Waals surface area contributed by atoms with Crippen LogP contribution in [0, 0.1) is 0 Å². The number of hydrogen-bond acceptors (Lipinski definition) is 2. The van der Waals surface area contributed by atoms with E-state index in [4.69, 9.17) is 5.73 Å². The minimum atomic E-state index is 0.0855. The lowest BCUT2D eigenvalue weighted by atomic mass is 10.0. The third-order valence-corrected chi connectivity index (χ3v) is 3.83. The number of likely N-dealkylation sites (N-methyl/N-ethyl adjacent to an activating group) is 1. The van der Waals surface area contributed by atoms with E-state index in [-0.39, 0.29) is 5.54 Å². The second-order valence-corrected chi connectivity index (χ2v) is 5.75. The van der Waals surface area contributed by atoms with Crippen molar-refractivity contribution in [3.05, 3.63) is 35.4 Å². The SMILES string of the molecule is CCCc1ccc(CCN(C)C(C)(C)CN)cc1. The fourth-order valence-electron chi connectivity index (χ4n) is 1.92. The molecule has 0 heterocycles. The fourth-order valence-corrected chi connectivity index (χ4v) is 1.92. The van der Waals surface area contributed by atoms with Crippen molar-refractivity contribution >= 4 is 0 Å². The average molecular weight is 248 g/mol. The topological polar surface area (TPSA) is 29.3 Å². The molecule has 0 aliphatic heterocycles. The van der Waals surface area contributed by atoms with E-state index in [9.17, 15) is 0 Å². The molecule has 0 amide bonds. The molecule has 102 valence electrons. The van der Waals surface area contributed by atoms with Crippen LogP contribution in [0.1, 0.15) is 38.3 Å². The number of nitrogens with zero attached hydrogens (tertiary/aromatic N) is 1. The highest BCUT2D eigenvalue weighted by molar-refractivity contribution is 5.22. The molecular formula is C16H28N2. The zero-order chi connectivity index (χ0) is 13.6. The number of benzene rings is 1. The Balaban J connectivity index is 2.48. The summed E-state index contributed by atoms with van der Waals surface area (Å²) in [4.78, 5) is 2.34. The lowest BCUT2D eigenvalue weighted by Crippen LogP contribution is -2.47. The molecule has 0 fully saturated rings. The molecule has 2 nitrogen and oxygen atoms in total. The molecular weight excluding hydrogens is 220 g/mol. The van der Waals surface area contributed by atoms with E-state index < -0.39 is 0 Å². The van der Waals surface area contributed by atoms with E-state index in [1.807, 2.05) is 0 Å². The summed E-state index contributed by atoms with van der Waals surface area (Å²) >= 11 is 0. The Morgan fingerprint density at radius 1 is 1.06 bits per heavy atom. The monoisotopic (exact) mass is 248 g/mol. The largest absolute Gasteiger partial charge is 0.329 e. The van der Waals surface area contributed by atoms with Gasteiger partial charge in [0.1, 0.15) is 0 Å². The number of hydrogen-bond donors (Lipinski definition) is 1. The summed E-state index contributed by atoms with van der Waals surface area (Å²) in [5, 5.41) is 0. The quantitative estimate of drug-likeness (QED) is 0.804. The van der Waals surface area contributed by atoms with Crippen LogP contribution in [-0.2, 0) is 12.8 Å². The minimum absolute atomic E-state index is 0.0855. The van der Waals surface area contributed by atoms with E-state index >= 15 is 0 Å². The second-order valence-electron chi connectivity index (χ2n) is 5.75. The third kappa shape index (κ3) is 4.43. The van der Waals surface area contributed by atoms with Crippen molar-refractivity contribution in [1.29, 1.82) is 0 Å². The van der Waals surface area contributed by atoms with E-state index in [2.05, 4.69) is 57.0 Å².